The Morgan fingerprint density at radius 3 is 2.49 bits per heavy atom. The van der Waals surface area contributed by atoms with Gasteiger partial charge in [0.2, 0.25) is 0 Å². The molecule has 0 radical (unpaired) electrons. The highest BCUT2D eigenvalue weighted by molar-refractivity contribution is 7.87. The number of nitrogens with zero attached hydrogens (tertiary/aromatic N) is 2. The largest absolute Gasteiger partial charge is 0.388 e. The summed E-state index contributed by atoms with van der Waals surface area (Å²) in [5.74, 6) is -0.387. The molecule has 1 aliphatic carbocycles. The fraction of sp³-hybridized carbons (Fsp3) is 0.423. The number of carbonyl (C=O) groups is 1. The van der Waals surface area contributed by atoms with Gasteiger partial charge in [-0.05, 0) is 42.0 Å². The summed E-state index contributed by atoms with van der Waals surface area (Å²) in [5.41, 5.74) is 4.69. The maximum atomic E-state index is 12.9. The molecule has 0 bridgehead atoms. The molecule has 0 saturated heterocycles. The van der Waals surface area contributed by atoms with Crippen molar-refractivity contribution in [3.8, 4) is 11.3 Å². The van der Waals surface area contributed by atoms with Crippen LogP contribution in [-0.4, -0.2) is 53.6 Å². The second-order valence-corrected chi connectivity index (χ2v) is 11.6. The molecule has 2 aliphatic rings. The highest BCUT2D eigenvalue weighted by atomic mass is 32.2. The molecule has 1 aliphatic heterocycles. The molecule has 0 unspecified atom stereocenters. The van der Waals surface area contributed by atoms with Crippen LogP contribution >= 0.6 is 0 Å². The van der Waals surface area contributed by atoms with Crippen LogP contribution < -0.4 is 4.72 Å². The summed E-state index contributed by atoms with van der Waals surface area (Å²) in [6.07, 6.45) is 3.56. The van der Waals surface area contributed by atoms with Crippen LogP contribution in [0.2, 0.25) is 0 Å². The number of carbonyl (C=O) groups excluding carboxylic acids is 1. The summed E-state index contributed by atoms with van der Waals surface area (Å²) in [5, 5.41) is 22.8. The minimum atomic E-state index is -3.94. The number of aliphatic hydroxyl groups excluding tert-OH is 2. The molecule has 0 spiro atoms. The maximum absolute atomic E-state index is 12.9. The molecule has 35 heavy (non-hydrogen) atoms. The second kappa shape index (κ2) is 9.05. The summed E-state index contributed by atoms with van der Waals surface area (Å²) in [6.45, 7) is 0.162. The summed E-state index contributed by atoms with van der Waals surface area (Å²) >= 11 is 0. The first-order valence-corrected chi connectivity index (χ1v) is 13.5. The van der Waals surface area contributed by atoms with E-state index in [2.05, 4.69) is 4.72 Å². The summed E-state index contributed by atoms with van der Waals surface area (Å²) < 4.78 is 29.5. The Labute approximate surface area is 205 Å². The van der Waals surface area contributed by atoms with Crippen LogP contribution in [0.1, 0.15) is 65.6 Å². The number of benzene rings is 2. The Hall–Kier alpha value is -2.72. The van der Waals surface area contributed by atoms with Crippen molar-refractivity contribution in [2.45, 2.75) is 56.8 Å². The van der Waals surface area contributed by atoms with Gasteiger partial charge in [0, 0.05) is 36.1 Å². The van der Waals surface area contributed by atoms with E-state index in [0.29, 0.717) is 11.5 Å². The van der Waals surface area contributed by atoms with Gasteiger partial charge in [0.15, 0.2) is 0 Å². The van der Waals surface area contributed by atoms with E-state index >= 15 is 0 Å². The van der Waals surface area contributed by atoms with Gasteiger partial charge in [-0.25, -0.2) is 4.72 Å². The highest BCUT2D eigenvalue weighted by Gasteiger charge is 2.34. The van der Waals surface area contributed by atoms with Gasteiger partial charge in [-0.1, -0.05) is 49.6 Å². The van der Waals surface area contributed by atoms with E-state index in [4.69, 9.17) is 0 Å². The van der Waals surface area contributed by atoms with E-state index in [1.807, 2.05) is 34.9 Å². The van der Waals surface area contributed by atoms with Gasteiger partial charge in [0.25, 0.3) is 5.91 Å². The predicted molar refractivity (Wildman–Crippen MR) is 134 cm³/mol. The number of hydrogen-bond donors (Lipinski definition) is 3. The lowest BCUT2D eigenvalue weighted by Crippen LogP contribution is -2.39. The number of aromatic nitrogens is 1. The fourth-order valence-corrected chi connectivity index (χ4v) is 6.07. The van der Waals surface area contributed by atoms with Crippen LogP contribution in [0.3, 0.4) is 0 Å². The first-order valence-electron chi connectivity index (χ1n) is 12.0. The van der Waals surface area contributed by atoms with E-state index in [1.165, 1.54) is 26.1 Å². The Bertz CT molecular complexity index is 1390. The van der Waals surface area contributed by atoms with Crippen LogP contribution in [0.15, 0.2) is 42.5 Å². The Kier molecular flexibility index (Phi) is 6.21. The number of rotatable bonds is 4. The van der Waals surface area contributed by atoms with Crippen molar-refractivity contribution >= 4 is 27.0 Å². The topological polar surface area (TPSA) is 112 Å². The van der Waals surface area contributed by atoms with Gasteiger partial charge in [-0.3, -0.25) is 4.79 Å². The normalized spacial score (nSPS) is 20.9. The molecule has 9 heteroatoms. The lowest BCUT2D eigenvalue weighted by Gasteiger charge is -2.24. The quantitative estimate of drug-likeness (QED) is 0.512. The van der Waals surface area contributed by atoms with E-state index in [-0.39, 0.29) is 12.1 Å². The molecule has 8 nitrogen and oxygen atoms in total. The molecule has 3 N–H and O–H groups in total. The molecule has 5 rings (SSSR count). The molecule has 1 saturated carbocycles. The predicted octanol–water partition coefficient (Wildman–Crippen LogP) is 3.30. The highest BCUT2D eigenvalue weighted by Crippen LogP contribution is 2.47. The molecule has 2 aromatic carbocycles. The Morgan fingerprint density at radius 2 is 1.77 bits per heavy atom. The van der Waals surface area contributed by atoms with Crippen molar-refractivity contribution < 1.29 is 23.4 Å². The molecule has 2 atom stereocenters. The van der Waals surface area contributed by atoms with Crippen LogP contribution in [-0.2, 0) is 16.8 Å². The Balaban J connectivity index is 1.73. The van der Waals surface area contributed by atoms with Gasteiger partial charge in [-0.2, -0.15) is 12.7 Å². The number of hydrogen-bond acceptors (Lipinski definition) is 5. The first kappa shape index (κ1) is 24.0. The van der Waals surface area contributed by atoms with Crippen molar-refractivity contribution in [1.82, 2.24) is 13.6 Å². The van der Waals surface area contributed by atoms with Gasteiger partial charge in [0.1, 0.15) is 12.2 Å². The van der Waals surface area contributed by atoms with Crippen molar-refractivity contribution in [1.29, 1.82) is 0 Å². The standard InChI is InChI=1S/C26H31N3O5S/c1-28(2)35(33,34)27-26(32)17-12-13-20-21(14-17)29-15-22(30)25(31)19-11-7-6-10-18(19)24(29)23(20)16-8-4-3-5-9-16/h6-7,10-14,16,22,25,30-31H,3-5,8-9,15H2,1-2H3,(H,27,32)/t22-,25+/m1/s1. The van der Waals surface area contributed by atoms with E-state index < -0.39 is 28.3 Å². The minimum absolute atomic E-state index is 0.162. The Morgan fingerprint density at radius 1 is 1.06 bits per heavy atom. The summed E-state index contributed by atoms with van der Waals surface area (Å²) in [7, 11) is -1.23. The van der Waals surface area contributed by atoms with Crippen molar-refractivity contribution in [3.63, 3.8) is 0 Å². The van der Waals surface area contributed by atoms with Crippen LogP contribution in [0.25, 0.3) is 22.2 Å². The van der Waals surface area contributed by atoms with Gasteiger partial charge in [-0.15, -0.1) is 0 Å². The van der Waals surface area contributed by atoms with E-state index in [9.17, 15) is 23.4 Å². The SMILES string of the molecule is CN(C)S(=O)(=O)NC(=O)c1ccc2c(C3CCCCC3)c3n(c2c1)C[C@@H](O)[C@@H](O)c1ccccc1-3. The third kappa shape index (κ3) is 4.16. The number of fused-ring (bicyclic) bond motifs is 5. The lowest BCUT2D eigenvalue weighted by molar-refractivity contribution is 0.0112. The van der Waals surface area contributed by atoms with Crippen molar-refractivity contribution in [2.75, 3.05) is 14.1 Å². The summed E-state index contributed by atoms with van der Waals surface area (Å²) in [6, 6.07) is 12.9. The third-order valence-corrected chi connectivity index (χ3v) is 8.76. The number of aliphatic hydroxyl groups is 2. The number of amides is 1. The smallest absolute Gasteiger partial charge is 0.303 e. The van der Waals surface area contributed by atoms with Crippen molar-refractivity contribution in [3.05, 3.63) is 59.2 Å². The molecule has 2 heterocycles. The van der Waals surface area contributed by atoms with Crippen LogP contribution in [0.5, 0.6) is 0 Å². The van der Waals surface area contributed by atoms with Gasteiger partial charge >= 0.3 is 10.2 Å². The molecular weight excluding hydrogens is 466 g/mol. The van der Waals surface area contributed by atoms with Crippen molar-refractivity contribution in [2.24, 2.45) is 0 Å². The van der Waals surface area contributed by atoms with E-state index in [1.54, 1.807) is 12.1 Å². The zero-order valence-corrected chi connectivity index (χ0v) is 20.8. The average Bonchev–Trinajstić information content (AvgIpc) is 3.11. The zero-order valence-electron chi connectivity index (χ0n) is 19.9. The second-order valence-electron chi connectivity index (χ2n) is 9.76. The van der Waals surface area contributed by atoms with Crippen LogP contribution in [0, 0.1) is 0 Å². The molecule has 1 aromatic heterocycles. The van der Waals surface area contributed by atoms with Crippen LogP contribution in [0.4, 0.5) is 0 Å². The monoisotopic (exact) mass is 497 g/mol. The third-order valence-electron chi connectivity index (χ3n) is 7.35. The summed E-state index contributed by atoms with van der Waals surface area (Å²) in [4.78, 5) is 12.9. The molecule has 1 fully saturated rings. The maximum Gasteiger partial charge on any atom is 0.303 e. The molecule has 1 amide bonds. The average molecular weight is 498 g/mol. The van der Waals surface area contributed by atoms with E-state index in [0.717, 1.165) is 52.1 Å². The zero-order chi connectivity index (χ0) is 24.9. The molecule has 186 valence electrons. The lowest BCUT2D eigenvalue weighted by atomic mass is 9.81. The first-order chi connectivity index (χ1) is 16.7. The van der Waals surface area contributed by atoms with Gasteiger partial charge in [0.05, 0.1) is 12.2 Å². The molecular formula is C26H31N3O5S. The van der Waals surface area contributed by atoms with Gasteiger partial charge < -0.3 is 14.8 Å². The number of nitrogens with one attached hydrogen (secondary N) is 1. The molecule has 3 aromatic rings. The minimum Gasteiger partial charge on any atom is -0.388 e. The fourth-order valence-electron chi connectivity index (χ4n) is 5.53.